The molecule has 1 heterocycles. The Bertz CT molecular complexity index is 797. The number of nitrogens with one attached hydrogen (secondary N) is 1. The summed E-state index contributed by atoms with van der Waals surface area (Å²) in [4.78, 5) is 10.1. The first-order chi connectivity index (χ1) is 10.6. The van der Waals surface area contributed by atoms with Crippen LogP contribution in [0, 0.1) is 0 Å². The summed E-state index contributed by atoms with van der Waals surface area (Å²) < 4.78 is 5.37. The summed E-state index contributed by atoms with van der Waals surface area (Å²) in [5.41, 5.74) is 4.04. The van der Waals surface area contributed by atoms with Crippen LogP contribution in [0.15, 0.2) is 42.5 Å². The summed E-state index contributed by atoms with van der Waals surface area (Å²) in [7, 11) is 5.71. The van der Waals surface area contributed by atoms with Gasteiger partial charge in [-0.3, -0.25) is 0 Å². The lowest BCUT2D eigenvalue weighted by Crippen LogP contribution is -2.12. The number of ether oxygens (including phenoxy) is 1. The van der Waals surface area contributed by atoms with Crippen LogP contribution >= 0.6 is 12.6 Å². The summed E-state index contributed by atoms with van der Waals surface area (Å²) >= 11 is 4.79. The Balaban J connectivity index is 2.08. The molecule has 0 aliphatic heterocycles. The molecule has 0 bridgehead atoms. The van der Waals surface area contributed by atoms with Gasteiger partial charge in [-0.1, -0.05) is 24.3 Å². The Kier molecular flexibility index (Phi) is 3.98. The number of hydrogen-bond donors (Lipinski definition) is 2. The number of anilines is 1. The van der Waals surface area contributed by atoms with Crippen LogP contribution in [0.3, 0.4) is 0 Å². The van der Waals surface area contributed by atoms with Crippen molar-refractivity contribution in [2.45, 2.75) is 5.25 Å². The van der Waals surface area contributed by atoms with Crippen molar-refractivity contribution in [1.82, 2.24) is 9.97 Å². The van der Waals surface area contributed by atoms with Crippen molar-refractivity contribution >= 4 is 29.3 Å². The van der Waals surface area contributed by atoms with Crippen LogP contribution in [-0.2, 0) is 0 Å². The number of nitrogens with zero attached hydrogens (tertiary/aromatic N) is 2. The third kappa shape index (κ3) is 2.52. The van der Waals surface area contributed by atoms with Gasteiger partial charge in [-0.25, -0.2) is 4.98 Å². The standard InChI is InChI=1S/C17H19N3OS/c1-20(2)13-9-5-4-7-11(13)16(22)17-18-12-8-6-10-14(21-3)15(12)19-17/h4-10,16,22H,1-3H3,(H,18,19). The average Bonchev–Trinajstić information content (AvgIpc) is 2.98. The highest BCUT2D eigenvalue weighted by Gasteiger charge is 2.19. The fourth-order valence-electron chi connectivity index (χ4n) is 2.59. The van der Waals surface area contributed by atoms with E-state index in [1.807, 2.05) is 44.4 Å². The molecule has 1 aromatic heterocycles. The zero-order chi connectivity index (χ0) is 15.7. The second-order valence-corrected chi connectivity index (χ2v) is 5.85. The average molecular weight is 313 g/mol. The van der Waals surface area contributed by atoms with Crippen molar-refractivity contribution in [2.75, 3.05) is 26.1 Å². The van der Waals surface area contributed by atoms with E-state index in [1.165, 1.54) is 0 Å². The molecule has 3 aromatic rings. The first-order valence-corrected chi connectivity index (χ1v) is 7.60. The quantitative estimate of drug-likeness (QED) is 0.722. The van der Waals surface area contributed by atoms with Gasteiger partial charge in [0, 0.05) is 19.8 Å². The van der Waals surface area contributed by atoms with Crippen LogP contribution in [0.25, 0.3) is 11.0 Å². The molecule has 0 saturated carbocycles. The van der Waals surface area contributed by atoms with E-state index in [4.69, 9.17) is 17.4 Å². The molecule has 3 rings (SSSR count). The van der Waals surface area contributed by atoms with E-state index in [-0.39, 0.29) is 5.25 Å². The van der Waals surface area contributed by atoms with Gasteiger partial charge in [-0.2, -0.15) is 12.6 Å². The lowest BCUT2D eigenvalue weighted by Gasteiger charge is -2.20. The Morgan fingerprint density at radius 1 is 1.14 bits per heavy atom. The number of H-pyrrole nitrogens is 1. The Labute approximate surface area is 135 Å². The van der Waals surface area contributed by atoms with Gasteiger partial charge in [0.1, 0.15) is 17.1 Å². The van der Waals surface area contributed by atoms with E-state index in [2.05, 4.69) is 27.0 Å². The molecule has 0 fully saturated rings. The molecule has 0 spiro atoms. The normalized spacial score (nSPS) is 12.4. The van der Waals surface area contributed by atoms with Crippen LogP contribution in [0.2, 0.25) is 0 Å². The number of hydrogen-bond acceptors (Lipinski definition) is 4. The number of rotatable bonds is 4. The van der Waals surface area contributed by atoms with Gasteiger partial charge in [-0.15, -0.1) is 0 Å². The molecule has 2 aromatic carbocycles. The highest BCUT2D eigenvalue weighted by atomic mass is 32.1. The largest absolute Gasteiger partial charge is 0.494 e. The summed E-state index contributed by atoms with van der Waals surface area (Å²) in [5, 5.41) is -0.129. The third-order valence-corrected chi connectivity index (χ3v) is 4.21. The van der Waals surface area contributed by atoms with Gasteiger partial charge in [0.2, 0.25) is 0 Å². The highest BCUT2D eigenvalue weighted by Crippen LogP contribution is 2.35. The van der Waals surface area contributed by atoms with Crippen molar-refractivity contribution in [2.24, 2.45) is 0 Å². The van der Waals surface area contributed by atoms with Crippen molar-refractivity contribution < 1.29 is 4.74 Å². The Morgan fingerprint density at radius 3 is 2.64 bits per heavy atom. The van der Waals surface area contributed by atoms with E-state index < -0.39 is 0 Å². The summed E-state index contributed by atoms with van der Waals surface area (Å²) in [6.45, 7) is 0. The number of para-hydroxylation sites is 2. The monoisotopic (exact) mass is 313 g/mol. The van der Waals surface area contributed by atoms with E-state index in [9.17, 15) is 0 Å². The predicted molar refractivity (Wildman–Crippen MR) is 94.2 cm³/mol. The summed E-state index contributed by atoms with van der Waals surface area (Å²) in [5.74, 6) is 1.58. The Hall–Kier alpha value is -2.14. The van der Waals surface area contributed by atoms with E-state index in [0.717, 1.165) is 33.9 Å². The van der Waals surface area contributed by atoms with Gasteiger partial charge in [0.05, 0.1) is 17.9 Å². The van der Waals surface area contributed by atoms with Crippen LogP contribution in [-0.4, -0.2) is 31.2 Å². The molecular weight excluding hydrogens is 294 g/mol. The maximum atomic E-state index is 5.37. The van der Waals surface area contributed by atoms with Gasteiger partial charge >= 0.3 is 0 Å². The number of benzene rings is 2. The van der Waals surface area contributed by atoms with Gasteiger partial charge in [0.25, 0.3) is 0 Å². The van der Waals surface area contributed by atoms with E-state index in [1.54, 1.807) is 7.11 Å². The minimum atomic E-state index is -0.129. The number of fused-ring (bicyclic) bond motifs is 1. The molecule has 0 amide bonds. The van der Waals surface area contributed by atoms with Crippen LogP contribution in [0.4, 0.5) is 5.69 Å². The minimum absolute atomic E-state index is 0.129. The molecule has 0 saturated heterocycles. The highest BCUT2D eigenvalue weighted by molar-refractivity contribution is 7.80. The molecule has 1 N–H and O–H groups in total. The number of imidazole rings is 1. The third-order valence-electron chi connectivity index (χ3n) is 3.69. The first kappa shape index (κ1) is 14.8. The molecule has 0 aliphatic carbocycles. The first-order valence-electron chi connectivity index (χ1n) is 7.08. The fourth-order valence-corrected chi connectivity index (χ4v) is 2.93. The van der Waals surface area contributed by atoms with Crippen molar-refractivity contribution in [1.29, 1.82) is 0 Å². The second-order valence-electron chi connectivity index (χ2n) is 5.33. The van der Waals surface area contributed by atoms with E-state index >= 15 is 0 Å². The van der Waals surface area contributed by atoms with E-state index in [0.29, 0.717) is 0 Å². The molecule has 22 heavy (non-hydrogen) atoms. The number of aromatic amines is 1. The maximum absolute atomic E-state index is 5.37. The minimum Gasteiger partial charge on any atom is -0.494 e. The zero-order valence-electron chi connectivity index (χ0n) is 12.9. The van der Waals surface area contributed by atoms with Gasteiger partial charge in [-0.05, 0) is 23.8 Å². The number of methoxy groups -OCH3 is 1. The van der Waals surface area contributed by atoms with Crippen LogP contribution < -0.4 is 9.64 Å². The summed E-state index contributed by atoms with van der Waals surface area (Å²) in [6.07, 6.45) is 0. The van der Waals surface area contributed by atoms with Crippen molar-refractivity contribution in [3.63, 3.8) is 0 Å². The Morgan fingerprint density at radius 2 is 1.91 bits per heavy atom. The van der Waals surface area contributed by atoms with Crippen LogP contribution in [0.1, 0.15) is 16.6 Å². The van der Waals surface area contributed by atoms with Gasteiger partial charge < -0.3 is 14.6 Å². The topological polar surface area (TPSA) is 41.1 Å². The smallest absolute Gasteiger partial charge is 0.146 e. The number of thiol groups is 1. The molecule has 4 nitrogen and oxygen atoms in total. The fraction of sp³-hybridized carbons (Fsp3) is 0.235. The van der Waals surface area contributed by atoms with Crippen LogP contribution in [0.5, 0.6) is 5.75 Å². The molecule has 0 radical (unpaired) electrons. The van der Waals surface area contributed by atoms with Crippen molar-refractivity contribution in [3.8, 4) is 5.75 Å². The molecule has 1 unspecified atom stereocenters. The number of aromatic nitrogens is 2. The summed E-state index contributed by atoms with van der Waals surface area (Å²) in [6, 6.07) is 14.1. The molecule has 1 atom stereocenters. The molecular formula is C17H19N3OS. The second kappa shape index (κ2) is 5.93. The van der Waals surface area contributed by atoms with Crippen molar-refractivity contribution in [3.05, 3.63) is 53.9 Å². The maximum Gasteiger partial charge on any atom is 0.146 e. The zero-order valence-corrected chi connectivity index (χ0v) is 13.8. The predicted octanol–water partition coefficient (Wildman–Crippen LogP) is 3.66. The van der Waals surface area contributed by atoms with Gasteiger partial charge in [0.15, 0.2) is 0 Å². The SMILES string of the molecule is COc1cccc2[nH]c(C(S)c3ccccc3N(C)C)nc12. The molecule has 5 heteroatoms. The molecule has 0 aliphatic rings. The lowest BCUT2D eigenvalue weighted by atomic mass is 10.1. The lowest BCUT2D eigenvalue weighted by molar-refractivity contribution is 0.419. The molecule has 114 valence electrons.